The van der Waals surface area contributed by atoms with Crippen molar-refractivity contribution in [1.29, 1.82) is 0 Å². The molecule has 8 aromatic rings. The Morgan fingerprint density at radius 1 is 0.683 bits per heavy atom. The van der Waals surface area contributed by atoms with Gasteiger partial charge in [-0.2, -0.15) is 0 Å². The normalized spacial score (nSPS) is 12.9. The molecule has 0 radical (unpaired) electrons. The molecule has 0 bridgehead atoms. The summed E-state index contributed by atoms with van der Waals surface area (Å²) in [7, 11) is 0. The van der Waals surface area contributed by atoms with Crippen LogP contribution in [0.2, 0.25) is 0 Å². The van der Waals surface area contributed by atoms with Crippen LogP contribution >= 0.6 is 0 Å². The van der Waals surface area contributed by atoms with Gasteiger partial charge in [0.2, 0.25) is 0 Å². The van der Waals surface area contributed by atoms with Crippen molar-refractivity contribution >= 4 is 11.0 Å². The zero-order valence-electron chi connectivity index (χ0n) is 41.2. The molecule has 0 aliphatic carbocycles. The van der Waals surface area contributed by atoms with Crippen molar-refractivity contribution in [3.63, 3.8) is 0 Å². The zero-order valence-corrected chi connectivity index (χ0v) is 40.4. The van der Waals surface area contributed by atoms with Gasteiger partial charge in [-0.15, -0.1) is 29.3 Å². The van der Waals surface area contributed by atoms with Crippen LogP contribution < -0.4 is 0 Å². The average Bonchev–Trinajstić information content (AvgIpc) is 3.67. The van der Waals surface area contributed by atoms with Crippen LogP contribution in [-0.2, 0) is 31.9 Å². The van der Waals surface area contributed by atoms with E-state index < -0.39 is 6.85 Å². The van der Waals surface area contributed by atoms with Crippen LogP contribution in [0.5, 0.6) is 5.75 Å². The Hall–Kier alpha value is -5.57. The minimum Gasteiger partial charge on any atom is -0.507 e. The number of para-hydroxylation sites is 1. The first kappa shape index (κ1) is 41.4. The fourth-order valence-corrected chi connectivity index (χ4v) is 8.28. The number of aromatic hydroxyl groups is 1. The Morgan fingerprint density at radius 2 is 1.41 bits per heavy atom. The van der Waals surface area contributed by atoms with E-state index in [2.05, 4.69) is 171 Å². The van der Waals surface area contributed by atoms with Gasteiger partial charge in [0.25, 0.3) is 0 Å². The van der Waals surface area contributed by atoms with Crippen LogP contribution in [0, 0.1) is 12.9 Å². The number of pyridine rings is 1. The molecule has 324 valence electrons. The summed E-state index contributed by atoms with van der Waals surface area (Å²) in [5.74, 6) is 1.23. The fraction of sp³-hybridized carbons (Fsp3) is 0.276. The summed E-state index contributed by atoms with van der Waals surface area (Å²) in [4.78, 5) is 10.5. The number of aromatic nitrogens is 3. The van der Waals surface area contributed by atoms with E-state index in [0.717, 1.165) is 84.5 Å². The maximum Gasteiger partial charge on any atom is 0.148 e. The Bertz CT molecular complexity index is 3030. The second-order valence-electron chi connectivity index (χ2n) is 19.0. The summed E-state index contributed by atoms with van der Waals surface area (Å²) in [6, 6.07) is 47.3. The van der Waals surface area contributed by atoms with Crippen LogP contribution in [-0.4, -0.2) is 19.6 Å². The predicted octanol–water partition coefficient (Wildman–Crippen LogP) is 15.8. The third kappa shape index (κ3) is 8.98. The number of hydrogen-bond acceptors (Lipinski definition) is 3. The molecule has 6 aromatic carbocycles. The molecular weight excluding hydrogens is 950 g/mol. The van der Waals surface area contributed by atoms with Gasteiger partial charge in [0.15, 0.2) is 0 Å². The van der Waals surface area contributed by atoms with E-state index >= 15 is 0 Å². The van der Waals surface area contributed by atoms with Crippen molar-refractivity contribution in [2.75, 3.05) is 0 Å². The summed E-state index contributed by atoms with van der Waals surface area (Å²) in [5.41, 5.74) is 15.3. The van der Waals surface area contributed by atoms with Gasteiger partial charge in [-0.25, -0.2) is 4.98 Å². The van der Waals surface area contributed by atoms with Crippen molar-refractivity contribution in [2.24, 2.45) is 0 Å². The standard InChI is InChI=1S/C58H60N3O.Pt/c1-12-58(10,11)45-25-26-52(49(35-45)40-17-14-13-15-18-40)61-53-20-16-19-47(54(53)60-56(61)50-33-42(36(2)3)32-48(37(4)5)55(50)62)43-29-44(31-46(30-43)57(7,8)9)51-34-41(27-28-59-51)39-23-21-38(6)22-24-39;/h13-28,30-37,62H,12H2,1-11H3;/q-1;/i6D3;. The number of phenolic OH excluding ortho intramolecular Hbond substituents is 1. The Morgan fingerprint density at radius 3 is 2.08 bits per heavy atom. The van der Waals surface area contributed by atoms with Gasteiger partial charge < -0.3 is 5.11 Å². The maximum absolute atomic E-state index is 12.3. The molecule has 0 aliphatic heterocycles. The molecular formula is C58H60N3OPt-. The average molecular weight is 1010 g/mol. The van der Waals surface area contributed by atoms with Crippen LogP contribution in [0.3, 0.4) is 0 Å². The van der Waals surface area contributed by atoms with Crippen molar-refractivity contribution in [3.8, 4) is 67.5 Å². The Balaban J connectivity index is 0.00000648. The first-order valence-electron chi connectivity index (χ1n) is 23.5. The summed E-state index contributed by atoms with van der Waals surface area (Å²) < 4.78 is 25.8. The molecule has 8 rings (SSSR count). The molecule has 0 unspecified atom stereocenters. The number of hydrogen-bond donors (Lipinski definition) is 1. The molecule has 0 aliphatic rings. The monoisotopic (exact) mass is 1010 g/mol. The first-order valence-corrected chi connectivity index (χ1v) is 22.0. The largest absolute Gasteiger partial charge is 0.507 e. The van der Waals surface area contributed by atoms with E-state index in [0.29, 0.717) is 17.0 Å². The SMILES string of the molecule is [2H]C([2H])([2H])c1ccc(-c2ccnc(-c3[c-]c(-c4cccc5c4nc(-c4cc(C(C)C)cc(C(C)C)c4O)n5-c4ccc(C(C)(C)CC)cc4-c4ccccc4)cc(C(C)(C)C)c3)c2)cc1.[Pt]. The number of aryl methyl sites for hydroxylation is 1. The van der Waals surface area contributed by atoms with E-state index in [1.54, 1.807) is 18.3 Å². The molecule has 0 amide bonds. The second kappa shape index (κ2) is 17.9. The molecule has 0 spiro atoms. The fourth-order valence-electron chi connectivity index (χ4n) is 8.28. The topological polar surface area (TPSA) is 50.9 Å². The van der Waals surface area contributed by atoms with Crippen LogP contribution in [0.1, 0.15) is 119 Å². The van der Waals surface area contributed by atoms with Gasteiger partial charge in [-0.1, -0.05) is 171 Å². The molecule has 1 N–H and O–H groups in total. The van der Waals surface area contributed by atoms with Gasteiger partial charge in [-0.05, 0) is 99.7 Å². The molecule has 4 nitrogen and oxygen atoms in total. The van der Waals surface area contributed by atoms with Gasteiger partial charge in [0.05, 0.1) is 22.3 Å². The summed E-state index contributed by atoms with van der Waals surface area (Å²) in [6.07, 6.45) is 2.79. The molecule has 0 saturated carbocycles. The Labute approximate surface area is 394 Å². The van der Waals surface area contributed by atoms with Gasteiger partial charge in [0, 0.05) is 42.6 Å². The van der Waals surface area contributed by atoms with Crippen molar-refractivity contribution < 1.29 is 30.3 Å². The van der Waals surface area contributed by atoms with Gasteiger partial charge in [-0.3, -0.25) is 9.55 Å². The van der Waals surface area contributed by atoms with Crippen LogP contribution in [0.25, 0.3) is 72.7 Å². The molecule has 0 saturated heterocycles. The number of fused-ring (bicyclic) bond motifs is 1. The molecule has 2 heterocycles. The Kier molecular flexibility index (Phi) is 11.8. The van der Waals surface area contributed by atoms with Crippen molar-refractivity contribution in [2.45, 2.75) is 105 Å². The predicted molar refractivity (Wildman–Crippen MR) is 261 cm³/mol. The zero-order chi connectivity index (χ0) is 46.6. The minimum absolute atomic E-state index is 0. The number of imidazole rings is 1. The summed E-state index contributed by atoms with van der Waals surface area (Å²) >= 11 is 0. The second-order valence-corrected chi connectivity index (χ2v) is 19.0. The third-order valence-corrected chi connectivity index (χ3v) is 12.6. The molecule has 0 fully saturated rings. The third-order valence-electron chi connectivity index (χ3n) is 12.6. The minimum atomic E-state index is -2.17. The number of phenols is 1. The van der Waals surface area contributed by atoms with E-state index in [4.69, 9.17) is 14.1 Å². The number of nitrogens with zero attached hydrogens (tertiary/aromatic N) is 3. The molecule has 63 heavy (non-hydrogen) atoms. The van der Waals surface area contributed by atoms with Crippen LogP contribution in [0.15, 0.2) is 134 Å². The van der Waals surface area contributed by atoms with Crippen molar-refractivity contribution in [3.05, 3.63) is 167 Å². The van der Waals surface area contributed by atoms with Gasteiger partial charge in [0.1, 0.15) is 11.6 Å². The summed E-state index contributed by atoms with van der Waals surface area (Å²) in [6.45, 7) is 19.9. The van der Waals surface area contributed by atoms with Gasteiger partial charge >= 0.3 is 0 Å². The quantitative estimate of drug-likeness (QED) is 0.139. The van der Waals surface area contributed by atoms with E-state index in [1.807, 2.05) is 24.3 Å². The molecule has 5 heteroatoms. The maximum atomic E-state index is 12.3. The number of rotatable bonds is 10. The molecule has 2 aromatic heterocycles. The van der Waals surface area contributed by atoms with E-state index in [1.165, 1.54) is 5.56 Å². The summed E-state index contributed by atoms with van der Waals surface area (Å²) in [5, 5.41) is 12.3. The van der Waals surface area contributed by atoms with Crippen molar-refractivity contribution in [1.82, 2.24) is 14.5 Å². The first-order chi connectivity index (χ1) is 30.7. The van der Waals surface area contributed by atoms with E-state index in [-0.39, 0.29) is 49.5 Å². The molecule has 0 atom stereocenters. The van der Waals surface area contributed by atoms with E-state index in [9.17, 15) is 5.11 Å². The number of benzene rings is 6. The van der Waals surface area contributed by atoms with Crippen LogP contribution in [0.4, 0.5) is 0 Å². The smallest absolute Gasteiger partial charge is 0.148 e.